The van der Waals surface area contributed by atoms with Gasteiger partial charge in [-0.1, -0.05) is 66.2 Å². The van der Waals surface area contributed by atoms with Crippen LogP contribution in [0.25, 0.3) is 54.6 Å². The third kappa shape index (κ3) is 2.53. The first-order chi connectivity index (χ1) is 14.2. The molecule has 0 bridgehead atoms. The van der Waals surface area contributed by atoms with Gasteiger partial charge in [-0.05, 0) is 78.9 Å². The lowest BCUT2D eigenvalue weighted by molar-refractivity contribution is 0.669. The molecule has 0 aliphatic carbocycles. The van der Waals surface area contributed by atoms with Crippen LogP contribution in [0.4, 0.5) is 0 Å². The normalized spacial score (nSPS) is 11.8. The van der Waals surface area contributed by atoms with Crippen LogP contribution in [0.5, 0.6) is 0 Å². The molecule has 0 saturated carbocycles. The van der Waals surface area contributed by atoms with E-state index in [-0.39, 0.29) is 0 Å². The van der Waals surface area contributed by atoms with E-state index in [2.05, 4.69) is 82.7 Å². The Bertz CT molecular complexity index is 1520. The summed E-state index contributed by atoms with van der Waals surface area (Å²) in [6.45, 7) is 0. The maximum absolute atomic E-state index is 6.26. The highest BCUT2D eigenvalue weighted by atomic mass is 79.9. The maximum Gasteiger partial charge on any atom is 0.135 e. The predicted molar refractivity (Wildman–Crippen MR) is 127 cm³/mol. The van der Waals surface area contributed by atoms with Crippen molar-refractivity contribution >= 4 is 71.0 Å². The van der Waals surface area contributed by atoms with Gasteiger partial charge in [0, 0.05) is 20.3 Å². The number of furan rings is 1. The molecule has 0 atom stereocenters. The highest BCUT2D eigenvalue weighted by Crippen LogP contribution is 2.43. The zero-order valence-electron chi connectivity index (χ0n) is 15.2. The average molecular weight is 458 g/mol. The molecule has 0 fully saturated rings. The Labute approximate surface area is 180 Å². The summed E-state index contributed by atoms with van der Waals surface area (Å²) in [5.74, 6) is 0. The predicted octanol–water partition coefficient (Wildman–Crippen LogP) is 8.98. The van der Waals surface area contributed by atoms with E-state index in [1.165, 1.54) is 32.7 Å². The summed E-state index contributed by atoms with van der Waals surface area (Å²) in [7, 11) is 0. The average Bonchev–Trinajstić information content (AvgIpc) is 3.11. The third-order valence-electron chi connectivity index (χ3n) is 5.59. The molecule has 0 spiro atoms. The molecule has 6 rings (SSSR count). The van der Waals surface area contributed by atoms with Crippen LogP contribution < -0.4 is 0 Å². The Morgan fingerprint density at radius 3 is 1.79 bits per heavy atom. The Morgan fingerprint density at radius 2 is 1.14 bits per heavy atom. The molecule has 138 valence electrons. The van der Waals surface area contributed by atoms with Crippen LogP contribution in [0, 0.1) is 0 Å². The van der Waals surface area contributed by atoms with Gasteiger partial charge >= 0.3 is 0 Å². The van der Waals surface area contributed by atoms with Gasteiger partial charge in [-0.15, -0.1) is 0 Å². The molecule has 1 nitrogen and oxygen atoms in total. The number of halogens is 2. The van der Waals surface area contributed by atoms with Crippen molar-refractivity contribution in [3.63, 3.8) is 0 Å². The summed E-state index contributed by atoms with van der Waals surface area (Å²) >= 11 is 10.1. The van der Waals surface area contributed by atoms with Gasteiger partial charge in [0.05, 0.1) is 0 Å². The molecule has 0 aliphatic heterocycles. The molecule has 0 unspecified atom stereocenters. The Kier molecular flexibility index (Phi) is 3.74. The fourth-order valence-electron chi connectivity index (χ4n) is 4.29. The minimum atomic E-state index is 0.713. The van der Waals surface area contributed by atoms with Crippen molar-refractivity contribution < 1.29 is 4.42 Å². The van der Waals surface area contributed by atoms with Gasteiger partial charge < -0.3 is 4.42 Å². The SMILES string of the molecule is Clc1ccc2oc3ccc(-c4c5ccccc5c(Br)c5ccccc45)cc3c2c1. The molecule has 0 amide bonds. The van der Waals surface area contributed by atoms with Crippen molar-refractivity contribution in [3.8, 4) is 11.1 Å². The molecule has 29 heavy (non-hydrogen) atoms. The van der Waals surface area contributed by atoms with Crippen molar-refractivity contribution in [2.75, 3.05) is 0 Å². The fraction of sp³-hybridized carbons (Fsp3) is 0. The fourth-order valence-corrected chi connectivity index (χ4v) is 5.15. The van der Waals surface area contributed by atoms with E-state index >= 15 is 0 Å². The zero-order chi connectivity index (χ0) is 19.5. The van der Waals surface area contributed by atoms with Gasteiger partial charge in [0.1, 0.15) is 11.2 Å². The zero-order valence-corrected chi connectivity index (χ0v) is 17.6. The monoisotopic (exact) mass is 456 g/mol. The van der Waals surface area contributed by atoms with E-state index in [1.54, 1.807) is 0 Å². The Balaban J connectivity index is 1.77. The minimum absolute atomic E-state index is 0.713. The summed E-state index contributed by atoms with van der Waals surface area (Å²) < 4.78 is 7.16. The second kappa shape index (κ2) is 6.35. The molecule has 1 aromatic heterocycles. The lowest BCUT2D eigenvalue weighted by atomic mass is 9.91. The van der Waals surface area contributed by atoms with Crippen LogP contribution in [0.2, 0.25) is 5.02 Å². The van der Waals surface area contributed by atoms with E-state index in [0.29, 0.717) is 5.02 Å². The van der Waals surface area contributed by atoms with Gasteiger partial charge in [0.15, 0.2) is 0 Å². The molecule has 0 N–H and O–H groups in total. The van der Waals surface area contributed by atoms with Crippen LogP contribution in [0.15, 0.2) is 93.8 Å². The van der Waals surface area contributed by atoms with Crippen molar-refractivity contribution in [3.05, 3.63) is 94.4 Å². The number of hydrogen-bond donors (Lipinski definition) is 0. The Hall–Kier alpha value is -2.81. The van der Waals surface area contributed by atoms with Crippen molar-refractivity contribution in [2.24, 2.45) is 0 Å². The molecule has 5 aromatic carbocycles. The smallest absolute Gasteiger partial charge is 0.135 e. The molecule has 3 heteroatoms. The molecule has 0 aliphatic rings. The summed E-state index contributed by atoms with van der Waals surface area (Å²) in [4.78, 5) is 0. The Morgan fingerprint density at radius 1 is 0.586 bits per heavy atom. The lowest BCUT2D eigenvalue weighted by Crippen LogP contribution is -1.87. The van der Waals surface area contributed by atoms with Crippen molar-refractivity contribution in [1.82, 2.24) is 0 Å². The first-order valence-corrected chi connectivity index (χ1v) is 10.6. The number of benzene rings is 5. The van der Waals surface area contributed by atoms with E-state index < -0.39 is 0 Å². The number of rotatable bonds is 1. The maximum atomic E-state index is 6.26. The van der Waals surface area contributed by atoms with E-state index in [9.17, 15) is 0 Å². The van der Waals surface area contributed by atoms with Crippen molar-refractivity contribution in [2.45, 2.75) is 0 Å². The van der Waals surface area contributed by atoms with Crippen LogP contribution in [0.1, 0.15) is 0 Å². The summed E-state index contributed by atoms with van der Waals surface area (Å²) in [6.07, 6.45) is 0. The first-order valence-electron chi connectivity index (χ1n) is 9.42. The standard InChI is InChI=1S/C26H14BrClO/c27-26-19-7-3-1-5-17(19)25(18-6-2-4-8-20(18)26)15-9-11-23-21(13-15)22-14-16(28)10-12-24(22)29-23/h1-14H. The third-order valence-corrected chi connectivity index (χ3v) is 6.68. The first kappa shape index (κ1) is 17.1. The second-order valence-corrected chi connectivity index (χ2v) is 8.46. The van der Waals surface area contributed by atoms with E-state index in [1.807, 2.05) is 18.2 Å². The van der Waals surface area contributed by atoms with E-state index in [4.69, 9.17) is 16.0 Å². The highest BCUT2D eigenvalue weighted by molar-refractivity contribution is 9.10. The minimum Gasteiger partial charge on any atom is -0.456 e. The van der Waals surface area contributed by atoms with Crippen LogP contribution in [-0.4, -0.2) is 0 Å². The largest absolute Gasteiger partial charge is 0.456 e. The molecule has 1 heterocycles. The highest BCUT2D eigenvalue weighted by Gasteiger charge is 2.15. The van der Waals surface area contributed by atoms with Gasteiger partial charge in [-0.2, -0.15) is 0 Å². The molecular weight excluding hydrogens is 444 g/mol. The summed E-state index contributed by atoms with van der Waals surface area (Å²) in [6, 6.07) is 29.3. The van der Waals surface area contributed by atoms with E-state index in [0.717, 1.165) is 26.4 Å². The second-order valence-electron chi connectivity index (χ2n) is 7.23. The van der Waals surface area contributed by atoms with Gasteiger partial charge in [0.25, 0.3) is 0 Å². The van der Waals surface area contributed by atoms with Crippen molar-refractivity contribution in [1.29, 1.82) is 0 Å². The lowest BCUT2D eigenvalue weighted by Gasteiger charge is -2.14. The molecular formula is C26H14BrClO. The number of hydrogen-bond acceptors (Lipinski definition) is 1. The number of fused-ring (bicyclic) bond motifs is 5. The quantitative estimate of drug-likeness (QED) is 0.224. The van der Waals surface area contributed by atoms with Crippen LogP contribution in [-0.2, 0) is 0 Å². The summed E-state index contributed by atoms with van der Waals surface area (Å²) in [5, 5.41) is 7.70. The van der Waals surface area contributed by atoms with Gasteiger partial charge in [-0.25, -0.2) is 0 Å². The van der Waals surface area contributed by atoms with Crippen LogP contribution in [0.3, 0.4) is 0 Å². The van der Waals surface area contributed by atoms with Gasteiger partial charge in [0.2, 0.25) is 0 Å². The summed E-state index contributed by atoms with van der Waals surface area (Å²) in [5.41, 5.74) is 4.13. The molecule has 0 saturated heterocycles. The topological polar surface area (TPSA) is 13.1 Å². The van der Waals surface area contributed by atoms with Gasteiger partial charge in [-0.3, -0.25) is 0 Å². The molecule has 6 aromatic rings. The molecule has 0 radical (unpaired) electrons. The van der Waals surface area contributed by atoms with Crippen LogP contribution >= 0.6 is 27.5 Å².